The lowest BCUT2D eigenvalue weighted by Crippen LogP contribution is -2.44. The second-order valence-corrected chi connectivity index (χ2v) is 5.38. The highest BCUT2D eigenvalue weighted by Gasteiger charge is 2.17. The van der Waals surface area contributed by atoms with Gasteiger partial charge < -0.3 is 24.8 Å². The summed E-state index contributed by atoms with van der Waals surface area (Å²) in [6, 6.07) is 3.84. The molecular weight excluding hydrogens is 411 g/mol. The number of guanidine groups is 1. The molecule has 1 aromatic heterocycles. The summed E-state index contributed by atoms with van der Waals surface area (Å²) in [7, 11) is 0. The first kappa shape index (κ1) is 18.2. The Labute approximate surface area is 153 Å². The fraction of sp³-hybridized carbons (Fsp3) is 0.600. The lowest BCUT2D eigenvalue weighted by Gasteiger charge is -2.27. The molecule has 0 spiro atoms. The lowest BCUT2D eigenvalue weighted by molar-refractivity contribution is 0.0674. The van der Waals surface area contributed by atoms with Gasteiger partial charge in [-0.25, -0.2) is 9.98 Å². The van der Waals surface area contributed by atoms with Crippen LogP contribution >= 0.6 is 24.0 Å². The van der Waals surface area contributed by atoms with Crippen molar-refractivity contribution in [2.75, 3.05) is 39.5 Å². The van der Waals surface area contributed by atoms with Crippen molar-refractivity contribution in [2.45, 2.75) is 19.1 Å². The Balaban J connectivity index is 0.00000192. The third kappa shape index (κ3) is 5.47. The normalized spacial score (nSPS) is 21.8. The van der Waals surface area contributed by atoms with Crippen LogP contribution in [-0.4, -0.2) is 61.5 Å². The maximum Gasteiger partial charge on any atom is 0.213 e. The summed E-state index contributed by atoms with van der Waals surface area (Å²) in [6.07, 6.45) is 2.75. The predicted octanol–water partition coefficient (Wildman–Crippen LogP) is 1.01. The zero-order chi connectivity index (χ0) is 15.2. The van der Waals surface area contributed by atoms with Crippen molar-refractivity contribution in [1.82, 2.24) is 9.88 Å². The van der Waals surface area contributed by atoms with E-state index < -0.39 is 0 Å². The van der Waals surface area contributed by atoms with Crippen LogP contribution in [0, 0.1) is 0 Å². The Kier molecular flexibility index (Phi) is 7.31. The van der Waals surface area contributed by atoms with Crippen LogP contribution in [0.2, 0.25) is 0 Å². The number of ether oxygens (including phenoxy) is 3. The molecular formula is C15H23IN4O3. The highest BCUT2D eigenvalue weighted by atomic mass is 127. The molecule has 0 bridgehead atoms. The van der Waals surface area contributed by atoms with Gasteiger partial charge in [0.15, 0.2) is 5.96 Å². The average Bonchev–Trinajstić information content (AvgIpc) is 3.07. The molecule has 0 saturated carbocycles. The summed E-state index contributed by atoms with van der Waals surface area (Å²) < 4.78 is 16.4. The van der Waals surface area contributed by atoms with E-state index in [1.165, 1.54) is 0 Å². The van der Waals surface area contributed by atoms with Crippen molar-refractivity contribution in [3.8, 4) is 5.88 Å². The van der Waals surface area contributed by atoms with Crippen LogP contribution in [0.15, 0.2) is 23.3 Å². The largest absolute Gasteiger partial charge is 0.472 e. The van der Waals surface area contributed by atoms with Gasteiger partial charge in [-0.05, 0) is 11.6 Å². The zero-order valence-corrected chi connectivity index (χ0v) is 15.3. The number of hydrogen-bond donors (Lipinski definition) is 1. The maximum absolute atomic E-state index is 6.02. The van der Waals surface area contributed by atoms with Crippen molar-refractivity contribution >= 4 is 29.9 Å². The minimum absolute atomic E-state index is 0. The molecule has 1 atom stereocenters. The van der Waals surface area contributed by atoms with E-state index in [1.807, 2.05) is 17.0 Å². The zero-order valence-electron chi connectivity index (χ0n) is 13.0. The first-order valence-corrected chi connectivity index (χ1v) is 7.63. The molecule has 3 rings (SSSR count). The number of rotatable bonds is 4. The van der Waals surface area contributed by atoms with E-state index in [-0.39, 0.29) is 30.1 Å². The van der Waals surface area contributed by atoms with Crippen LogP contribution in [0.3, 0.4) is 0 Å². The summed E-state index contributed by atoms with van der Waals surface area (Å²) in [5.41, 5.74) is 7.05. The summed E-state index contributed by atoms with van der Waals surface area (Å²) >= 11 is 0. The molecule has 2 saturated heterocycles. The van der Waals surface area contributed by atoms with Crippen LogP contribution in [-0.2, 0) is 16.0 Å². The summed E-state index contributed by atoms with van der Waals surface area (Å²) in [4.78, 5) is 10.7. The molecule has 128 valence electrons. The van der Waals surface area contributed by atoms with Crippen molar-refractivity contribution in [1.29, 1.82) is 0 Å². The highest BCUT2D eigenvalue weighted by molar-refractivity contribution is 14.0. The molecule has 23 heavy (non-hydrogen) atoms. The van der Waals surface area contributed by atoms with Gasteiger partial charge >= 0.3 is 0 Å². The molecule has 2 N–H and O–H groups in total. The molecule has 1 unspecified atom stereocenters. The molecule has 2 fully saturated rings. The van der Waals surface area contributed by atoms with E-state index in [4.69, 9.17) is 19.9 Å². The molecule has 0 radical (unpaired) electrons. The third-order valence-electron chi connectivity index (χ3n) is 3.73. The Bertz CT molecular complexity index is 517. The number of aromatic nitrogens is 1. The quantitative estimate of drug-likeness (QED) is 0.433. The van der Waals surface area contributed by atoms with Crippen molar-refractivity contribution in [3.63, 3.8) is 0 Å². The van der Waals surface area contributed by atoms with E-state index in [9.17, 15) is 0 Å². The maximum atomic E-state index is 6.02. The SMILES string of the molecule is I.NC(=NCc1ccnc(OC2CCOC2)c1)N1CCOCC1. The number of hydrogen-bond acceptors (Lipinski definition) is 5. The molecule has 7 nitrogen and oxygen atoms in total. The molecule has 0 amide bonds. The van der Waals surface area contributed by atoms with Crippen molar-refractivity contribution in [2.24, 2.45) is 10.7 Å². The van der Waals surface area contributed by atoms with Crippen LogP contribution in [0.5, 0.6) is 5.88 Å². The molecule has 2 aliphatic rings. The molecule has 3 heterocycles. The molecule has 0 aliphatic carbocycles. The Morgan fingerprint density at radius 3 is 2.91 bits per heavy atom. The third-order valence-corrected chi connectivity index (χ3v) is 3.73. The topological polar surface area (TPSA) is 82.2 Å². The standard InChI is InChI=1S/C15H22N4O3.HI/c16-15(19-4-7-20-8-5-19)18-10-12-1-3-17-14(9-12)22-13-2-6-21-11-13;/h1,3,9,13H,2,4-8,10-11H2,(H2,16,18);1H. The fourth-order valence-corrected chi connectivity index (χ4v) is 2.45. The van der Waals surface area contributed by atoms with Gasteiger partial charge in [-0.2, -0.15) is 0 Å². The van der Waals surface area contributed by atoms with E-state index >= 15 is 0 Å². The molecule has 2 aliphatic heterocycles. The average molecular weight is 434 g/mol. The Morgan fingerprint density at radius 1 is 1.35 bits per heavy atom. The number of halogens is 1. The molecule has 0 aromatic carbocycles. The van der Waals surface area contributed by atoms with Crippen LogP contribution in [0.25, 0.3) is 0 Å². The predicted molar refractivity (Wildman–Crippen MR) is 97.2 cm³/mol. The number of pyridine rings is 1. The van der Waals surface area contributed by atoms with Gasteiger partial charge in [-0.1, -0.05) is 0 Å². The first-order valence-electron chi connectivity index (χ1n) is 7.63. The van der Waals surface area contributed by atoms with Crippen LogP contribution in [0.4, 0.5) is 0 Å². The minimum Gasteiger partial charge on any atom is -0.472 e. The lowest BCUT2D eigenvalue weighted by atomic mass is 10.2. The Morgan fingerprint density at radius 2 is 2.17 bits per heavy atom. The Hall–Kier alpha value is -1.13. The first-order chi connectivity index (χ1) is 10.8. The summed E-state index contributed by atoms with van der Waals surface area (Å²) in [5, 5.41) is 0. The van der Waals surface area contributed by atoms with Gasteiger partial charge in [0, 0.05) is 31.8 Å². The highest BCUT2D eigenvalue weighted by Crippen LogP contribution is 2.16. The number of nitrogens with zero attached hydrogens (tertiary/aromatic N) is 3. The van der Waals surface area contributed by atoms with Crippen LogP contribution < -0.4 is 10.5 Å². The summed E-state index contributed by atoms with van der Waals surface area (Å²) in [5.74, 6) is 1.18. The van der Waals surface area contributed by atoms with E-state index in [0.29, 0.717) is 38.2 Å². The monoisotopic (exact) mass is 434 g/mol. The van der Waals surface area contributed by atoms with Crippen LogP contribution in [0.1, 0.15) is 12.0 Å². The van der Waals surface area contributed by atoms with E-state index in [2.05, 4.69) is 9.98 Å². The number of nitrogens with two attached hydrogens (primary N) is 1. The number of aliphatic imine (C=N–C) groups is 1. The van der Waals surface area contributed by atoms with E-state index in [1.54, 1.807) is 6.20 Å². The smallest absolute Gasteiger partial charge is 0.213 e. The second kappa shape index (κ2) is 9.24. The molecule has 8 heteroatoms. The van der Waals surface area contributed by atoms with Gasteiger partial charge in [0.25, 0.3) is 0 Å². The van der Waals surface area contributed by atoms with Gasteiger partial charge in [-0.15, -0.1) is 24.0 Å². The molecule has 1 aromatic rings. The van der Waals surface area contributed by atoms with Gasteiger partial charge in [0.2, 0.25) is 5.88 Å². The van der Waals surface area contributed by atoms with Crippen molar-refractivity contribution < 1.29 is 14.2 Å². The summed E-state index contributed by atoms with van der Waals surface area (Å²) in [6.45, 7) is 4.89. The van der Waals surface area contributed by atoms with Gasteiger partial charge in [0.05, 0.1) is 33.0 Å². The second-order valence-electron chi connectivity index (χ2n) is 5.38. The van der Waals surface area contributed by atoms with Gasteiger partial charge in [-0.3, -0.25) is 0 Å². The minimum atomic E-state index is 0. The van der Waals surface area contributed by atoms with E-state index in [0.717, 1.165) is 31.7 Å². The number of morpholine rings is 1. The van der Waals surface area contributed by atoms with Crippen molar-refractivity contribution in [3.05, 3.63) is 23.9 Å². The van der Waals surface area contributed by atoms with Gasteiger partial charge in [0.1, 0.15) is 6.10 Å². The fourth-order valence-electron chi connectivity index (χ4n) is 2.45.